The summed E-state index contributed by atoms with van der Waals surface area (Å²) in [6, 6.07) is 5.87. The molecule has 3 heterocycles. The number of nitrogens with one attached hydrogen (secondary N) is 3. The second-order valence-electron chi connectivity index (χ2n) is 7.19. The maximum atomic E-state index is 11.9. The number of amides is 1. The van der Waals surface area contributed by atoms with Crippen molar-refractivity contribution in [3.05, 3.63) is 29.6 Å². The highest BCUT2D eigenvalue weighted by Gasteiger charge is 2.29. The number of carbonyl (C=O) groups excluding carboxylic acids is 1. The highest BCUT2D eigenvalue weighted by atomic mass is 16.6. The van der Waals surface area contributed by atoms with Crippen molar-refractivity contribution in [2.45, 2.75) is 51.0 Å². The summed E-state index contributed by atoms with van der Waals surface area (Å²) < 4.78 is 11.3. The van der Waals surface area contributed by atoms with Crippen LogP contribution in [0.2, 0.25) is 0 Å². The molecule has 0 aromatic carbocycles. The Morgan fingerprint density at radius 1 is 1.19 bits per heavy atom. The van der Waals surface area contributed by atoms with E-state index in [0.29, 0.717) is 24.9 Å². The lowest BCUT2D eigenvalue weighted by molar-refractivity contribution is 0.0999. The van der Waals surface area contributed by atoms with Crippen molar-refractivity contribution in [2.24, 2.45) is 0 Å². The Hall–Kier alpha value is -2.77. The summed E-state index contributed by atoms with van der Waals surface area (Å²) in [6.45, 7) is 3.06. The third-order valence-electron chi connectivity index (χ3n) is 4.99. The molecule has 0 saturated heterocycles. The lowest BCUT2D eigenvalue weighted by atomic mass is 10.0. The van der Waals surface area contributed by atoms with Crippen molar-refractivity contribution < 1.29 is 14.3 Å². The van der Waals surface area contributed by atoms with Gasteiger partial charge in [-0.15, -0.1) is 0 Å². The van der Waals surface area contributed by atoms with Crippen LogP contribution < -0.4 is 15.4 Å². The van der Waals surface area contributed by atoms with Gasteiger partial charge >= 0.3 is 6.09 Å². The molecule has 1 aliphatic carbocycles. The molecule has 2 atom stereocenters. The van der Waals surface area contributed by atoms with Crippen molar-refractivity contribution in [1.29, 1.82) is 0 Å². The monoisotopic (exact) mass is 371 g/mol. The minimum atomic E-state index is -0.334. The summed E-state index contributed by atoms with van der Waals surface area (Å²) in [5, 5.41) is 13.6. The van der Waals surface area contributed by atoms with Gasteiger partial charge < -0.3 is 20.1 Å². The zero-order valence-corrected chi connectivity index (χ0v) is 15.5. The Labute approximate surface area is 158 Å². The smallest absolute Gasteiger partial charge is 0.407 e. The fourth-order valence-corrected chi connectivity index (χ4v) is 3.66. The lowest BCUT2D eigenvalue weighted by Crippen LogP contribution is -2.29. The van der Waals surface area contributed by atoms with Crippen LogP contribution in [0.3, 0.4) is 0 Å². The molecular formula is C19H25N5O3. The van der Waals surface area contributed by atoms with E-state index in [1.165, 1.54) is 0 Å². The zero-order chi connectivity index (χ0) is 18.6. The van der Waals surface area contributed by atoms with E-state index in [0.717, 1.165) is 55.0 Å². The summed E-state index contributed by atoms with van der Waals surface area (Å²) in [5.41, 5.74) is 2.84. The molecule has 2 aromatic heterocycles. The van der Waals surface area contributed by atoms with Gasteiger partial charge in [-0.05, 0) is 45.1 Å². The second-order valence-corrected chi connectivity index (χ2v) is 7.19. The minimum Gasteiger partial charge on any atom is -0.478 e. The first-order valence-electron chi connectivity index (χ1n) is 9.54. The fraction of sp³-hybridized carbons (Fsp3) is 0.526. The van der Waals surface area contributed by atoms with Crippen molar-refractivity contribution in [3.8, 4) is 5.88 Å². The fourth-order valence-electron chi connectivity index (χ4n) is 3.66. The summed E-state index contributed by atoms with van der Waals surface area (Å²) in [6.07, 6.45) is 3.95. The third-order valence-corrected chi connectivity index (χ3v) is 4.99. The molecule has 0 unspecified atom stereocenters. The lowest BCUT2D eigenvalue weighted by Gasteiger charge is -2.13. The van der Waals surface area contributed by atoms with Crippen LogP contribution in [-0.4, -0.2) is 40.5 Å². The maximum Gasteiger partial charge on any atom is 0.407 e. The van der Waals surface area contributed by atoms with E-state index in [9.17, 15) is 4.79 Å². The molecular weight excluding hydrogens is 346 g/mol. The molecule has 2 aliphatic rings. The topological polar surface area (TPSA) is 101 Å². The molecule has 0 radical (unpaired) electrons. The SMILES string of the molecule is Cc1cc2cc(n1)OCCCCNC(=O)O[C@@H]1CC[C@@H](C1)c1cc(n[nH]1)N2. The minimum absolute atomic E-state index is 0.0395. The molecule has 1 fully saturated rings. The van der Waals surface area contributed by atoms with Gasteiger partial charge in [0.1, 0.15) is 6.10 Å². The molecule has 8 nitrogen and oxygen atoms in total. The first kappa shape index (κ1) is 17.6. The average molecular weight is 371 g/mol. The first-order valence-corrected chi connectivity index (χ1v) is 9.54. The standard InChI is InChI=1S/C19H25N5O3/c1-12-8-14-10-18(21-12)26-7-3-2-6-20-19(25)27-15-5-4-13(9-15)16-11-17(22-14)24-23-16/h8,10-11,13,15H,2-7,9H2,1H3,(H,20,25)(H2,22,23,24)/t13-,15+/m0/s1. The number of nitrogens with zero attached hydrogens (tertiary/aromatic N) is 2. The van der Waals surface area contributed by atoms with Crippen molar-refractivity contribution in [1.82, 2.24) is 20.5 Å². The molecule has 27 heavy (non-hydrogen) atoms. The summed E-state index contributed by atoms with van der Waals surface area (Å²) in [4.78, 5) is 16.4. The van der Waals surface area contributed by atoms with Gasteiger partial charge in [-0.3, -0.25) is 5.10 Å². The largest absolute Gasteiger partial charge is 0.478 e. The number of alkyl carbamates (subject to hydrolysis) is 1. The van der Waals surface area contributed by atoms with Gasteiger partial charge in [0.2, 0.25) is 5.88 Å². The number of aromatic amines is 1. The van der Waals surface area contributed by atoms with Crippen LogP contribution in [0.1, 0.15) is 49.4 Å². The van der Waals surface area contributed by atoms with Gasteiger partial charge in [-0.25, -0.2) is 9.78 Å². The normalized spacial score (nSPS) is 23.2. The van der Waals surface area contributed by atoms with Gasteiger partial charge in [0.15, 0.2) is 5.82 Å². The number of carbonyl (C=O) groups is 1. The molecule has 6 bridgehead atoms. The second kappa shape index (κ2) is 7.85. The van der Waals surface area contributed by atoms with Crippen LogP contribution in [0, 0.1) is 6.92 Å². The van der Waals surface area contributed by atoms with Crippen LogP contribution in [0.25, 0.3) is 0 Å². The third kappa shape index (κ3) is 4.50. The van der Waals surface area contributed by atoms with E-state index >= 15 is 0 Å². The Balaban J connectivity index is 1.54. The van der Waals surface area contributed by atoms with Gasteiger partial charge in [0.25, 0.3) is 0 Å². The highest BCUT2D eigenvalue weighted by molar-refractivity contribution is 5.67. The van der Waals surface area contributed by atoms with E-state index in [-0.39, 0.29) is 12.2 Å². The van der Waals surface area contributed by atoms with Gasteiger partial charge in [-0.1, -0.05) is 0 Å². The van der Waals surface area contributed by atoms with Gasteiger partial charge in [0.05, 0.1) is 6.61 Å². The van der Waals surface area contributed by atoms with Crippen LogP contribution in [0.5, 0.6) is 5.88 Å². The van der Waals surface area contributed by atoms with Gasteiger partial charge in [0, 0.05) is 41.7 Å². The van der Waals surface area contributed by atoms with E-state index in [1.807, 2.05) is 25.1 Å². The Kier molecular flexibility index (Phi) is 5.13. The first-order chi connectivity index (χ1) is 13.2. The average Bonchev–Trinajstić information content (AvgIpc) is 3.26. The molecule has 4 rings (SSSR count). The zero-order valence-electron chi connectivity index (χ0n) is 15.5. The Bertz CT molecular complexity index is 806. The predicted molar refractivity (Wildman–Crippen MR) is 100 cm³/mol. The quantitative estimate of drug-likeness (QED) is 0.656. The number of aryl methyl sites for hydroxylation is 1. The molecule has 1 saturated carbocycles. The van der Waals surface area contributed by atoms with Gasteiger partial charge in [-0.2, -0.15) is 5.10 Å². The number of H-pyrrole nitrogens is 1. The number of fused-ring (bicyclic) bond motifs is 7. The summed E-state index contributed by atoms with van der Waals surface area (Å²) >= 11 is 0. The van der Waals surface area contributed by atoms with E-state index < -0.39 is 0 Å². The Morgan fingerprint density at radius 3 is 3.04 bits per heavy atom. The number of hydrogen-bond donors (Lipinski definition) is 3. The van der Waals surface area contributed by atoms with E-state index in [1.54, 1.807) is 0 Å². The number of aromatic nitrogens is 3. The number of rotatable bonds is 0. The van der Waals surface area contributed by atoms with Crippen LogP contribution in [0.15, 0.2) is 18.2 Å². The summed E-state index contributed by atoms with van der Waals surface area (Å²) in [5.74, 6) is 1.66. The van der Waals surface area contributed by atoms with Crippen LogP contribution in [-0.2, 0) is 4.74 Å². The van der Waals surface area contributed by atoms with Crippen molar-refractivity contribution in [2.75, 3.05) is 18.5 Å². The number of anilines is 2. The molecule has 0 spiro atoms. The molecule has 144 valence electrons. The van der Waals surface area contributed by atoms with E-state index in [4.69, 9.17) is 9.47 Å². The van der Waals surface area contributed by atoms with Crippen molar-refractivity contribution in [3.63, 3.8) is 0 Å². The molecule has 1 aliphatic heterocycles. The molecule has 1 amide bonds. The van der Waals surface area contributed by atoms with Crippen LogP contribution >= 0.6 is 0 Å². The number of hydrogen-bond acceptors (Lipinski definition) is 6. The number of pyridine rings is 1. The predicted octanol–water partition coefficient (Wildman–Crippen LogP) is 3.39. The van der Waals surface area contributed by atoms with Crippen molar-refractivity contribution >= 4 is 17.6 Å². The van der Waals surface area contributed by atoms with Crippen LogP contribution in [0.4, 0.5) is 16.3 Å². The van der Waals surface area contributed by atoms with E-state index in [2.05, 4.69) is 25.8 Å². The molecule has 3 N–H and O–H groups in total. The molecule has 2 aromatic rings. The molecule has 8 heteroatoms. The maximum absolute atomic E-state index is 11.9. The number of ether oxygens (including phenoxy) is 2. The Morgan fingerprint density at radius 2 is 2.11 bits per heavy atom. The summed E-state index contributed by atoms with van der Waals surface area (Å²) in [7, 11) is 0. The highest BCUT2D eigenvalue weighted by Crippen LogP contribution is 2.36.